The monoisotopic (exact) mass is 425 g/mol. The minimum absolute atomic E-state index is 0.0919. The van der Waals surface area contributed by atoms with Crippen LogP contribution in [0.15, 0.2) is 24.3 Å². The van der Waals surface area contributed by atoms with Crippen LogP contribution in [0.2, 0.25) is 0 Å². The van der Waals surface area contributed by atoms with Gasteiger partial charge in [0.05, 0.1) is 5.56 Å². The molecule has 1 aliphatic rings. The maximum Gasteiger partial charge on any atom is 0.419 e. The van der Waals surface area contributed by atoms with E-state index in [1.165, 1.54) is 6.07 Å². The standard InChI is InChI=1S/C21H27F4N5/c1-3-5-6-14-12-19(30-10-9-16(13-30)26-4-2)29-20(27-14)28-15-7-8-18(22)17(11-15)21(23,24)25/h7-8,11-12,16,26H,3-6,9-10,13H2,1-2H3,(H,27,28,29)/t16-/m0/s1. The first kappa shape index (κ1) is 22.3. The van der Waals surface area contributed by atoms with Gasteiger partial charge in [-0.15, -0.1) is 0 Å². The van der Waals surface area contributed by atoms with E-state index >= 15 is 0 Å². The molecule has 164 valence electrons. The van der Waals surface area contributed by atoms with Gasteiger partial charge in [0.2, 0.25) is 5.95 Å². The number of alkyl halides is 3. The fourth-order valence-electron chi connectivity index (χ4n) is 3.56. The van der Waals surface area contributed by atoms with Gasteiger partial charge in [0.15, 0.2) is 0 Å². The van der Waals surface area contributed by atoms with Crippen molar-refractivity contribution in [2.75, 3.05) is 29.9 Å². The Kier molecular flexibility index (Phi) is 7.12. The number of hydrogen-bond acceptors (Lipinski definition) is 5. The van der Waals surface area contributed by atoms with Gasteiger partial charge in [-0.05, 0) is 44.0 Å². The minimum Gasteiger partial charge on any atom is -0.355 e. The molecule has 2 aromatic rings. The van der Waals surface area contributed by atoms with E-state index < -0.39 is 17.6 Å². The summed E-state index contributed by atoms with van der Waals surface area (Å²) in [7, 11) is 0. The Hall–Kier alpha value is -2.42. The molecule has 1 aromatic carbocycles. The van der Waals surface area contributed by atoms with E-state index in [1.54, 1.807) is 0 Å². The molecule has 1 aliphatic heterocycles. The third kappa shape index (κ3) is 5.59. The average Bonchev–Trinajstić information content (AvgIpc) is 3.16. The number of likely N-dealkylation sites (N-methyl/N-ethyl adjacent to an activating group) is 1. The topological polar surface area (TPSA) is 53.1 Å². The van der Waals surface area contributed by atoms with Crippen LogP contribution in [0, 0.1) is 5.82 Å². The lowest BCUT2D eigenvalue weighted by atomic mass is 10.2. The highest BCUT2D eigenvalue weighted by Gasteiger charge is 2.34. The van der Waals surface area contributed by atoms with Gasteiger partial charge in [-0.25, -0.2) is 9.37 Å². The van der Waals surface area contributed by atoms with Crippen LogP contribution in [0.1, 0.15) is 44.4 Å². The molecule has 30 heavy (non-hydrogen) atoms. The summed E-state index contributed by atoms with van der Waals surface area (Å²) in [5, 5.41) is 6.26. The van der Waals surface area contributed by atoms with Gasteiger partial charge in [0, 0.05) is 36.6 Å². The average molecular weight is 425 g/mol. The predicted octanol–water partition coefficient (Wildman–Crippen LogP) is 4.91. The normalized spacial score (nSPS) is 16.9. The van der Waals surface area contributed by atoms with Crippen molar-refractivity contribution in [3.63, 3.8) is 0 Å². The number of nitrogens with one attached hydrogen (secondary N) is 2. The summed E-state index contributed by atoms with van der Waals surface area (Å²) in [5.74, 6) is -0.347. The van der Waals surface area contributed by atoms with Gasteiger partial charge in [-0.1, -0.05) is 20.3 Å². The van der Waals surface area contributed by atoms with E-state index in [-0.39, 0.29) is 11.6 Å². The van der Waals surface area contributed by atoms with Crippen LogP contribution in [-0.4, -0.2) is 35.6 Å². The SMILES string of the molecule is CCCCc1cc(N2CC[C@H](NCC)C2)nc(Nc2ccc(F)c(C(F)(F)F)c2)n1. The van der Waals surface area contributed by atoms with Gasteiger partial charge in [0.1, 0.15) is 11.6 Å². The van der Waals surface area contributed by atoms with Crippen LogP contribution in [-0.2, 0) is 12.6 Å². The Morgan fingerprint density at radius 1 is 1.17 bits per heavy atom. The summed E-state index contributed by atoms with van der Waals surface area (Å²) < 4.78 is 52.7. The van der Waals surface area contributed by atoms with Crippen LogP contribution in [0.4, 0.5) is 35.0 Å². The van der Waals surface area contributed by atoms with Gasteiger partial charge in [-0.2, -0.15) is 18.2 Å². The van der Waals surface area contributed by atoms with E-state index in [9.17, 15) is 17.6 Å². The Bertz CT molecular complexity index is 856. The van der Waals surface area contributed by atoms with Gasteiger partial charge in [-0.3, -0.25) is 0 Å². The Balaban J connectivity index is 1.87. The maximum atomic E-state index is 13.6. The first-order valence-corrected chi connectivity index (χ1v) is 10.3. The van der Waals surface area contributed by atoms with Gasteiger partial charge < -0.3 is 15.5 Å². The Morgan fingerprint density at radius 2 is 1.97 bits per heavy atom. The van der Waals surface area contributed by atoms with Gasteiger partial charge >= 0.3 is 6.18 Å². The molecule has 1 fully saturated rings. The molecule has 2 N–H and O–H groups in total. The van der Waals surface area contributed by atoms with E-state index in [4.69, 9.17) is 0 Å². The minimum atomic E-state index is -4.77. The molecular formula is C21H27F4N5. The number of anilines is 3. The molecule has 1 atom stereocenters. The molecule has 3 rings (SSSR count). The fourth-order valence-corrected chi connectivity index (χ4v) is 3.56. The van der Waals surface area contributed by atoms with Crippen LogP contribution in [0.5, 0.6) is 0 Å². The summed E-state index contributed by atoms with van der Waals surface area (Å²) in [6, 6.07) is 5.12. The summed E-state index contributed by atoms with van der Waals surface area (Å²) >= 11 is 0. The van der Waals surface area contributed by atoms with Crippen molar-refractivity contribution in [2.24, 2.45) is 0 Å². The molecule has 0 spiro atoms. The molecule has 5 nitrogen and oxygen atoms in total. The summed E-state index contributed by atoms with van der Waals surface area (Å²) in [4.78, 5) is 11.2. The van der Waals surface area contributed by atoms with E-state index in [0.717, 1.165) is 69.0 Å². The quantitative estimate of drug-likeness (QED) is 0.589. The summed E-state index contributed by atoms with van der Waals surface area (Å²) in [5.41, 5.74) is -0.397. The lowest BCUT2D eigenvalue weighted by Crippen LogP contribution is -2.32. The number of halogens is 4. The molecule has 0 radical (unpaired) electrons. The molecule has 1 aromatic heterocycles. The lowest BCUT2D eigenvalue weighted by Gasteiger charge is -2.20. The van der Waals surface area contributed by atoms with Crippen molar-refractivity contribution in [3.8, 4) is 0 Å². The van der Waals surface area contributed by atoms with Crippen molar-refractivity contribution < 1.29 is 17.6 Å². The number of rotatable bonds is 8. The third-order valence-electron chi connectivity index (χ3n) is 5.09. The largest absolute Gasteiger partial charge is 0.419 e. The highest BCUT2D eigenvalue weighted by Crippen LogP contribution is 2.33. The second-order valence-corrected chi connectivity index (χ2v) is 7.45. The predicted molar refractivity (Wildman–Crippen MR) is 110 cm³/mol. The van der Waals surface area contributed by atoms with Gasteiger partial charge in [0.25, 0.3) is 0 Å². The molecular weight excluding hydrogens is 398 g/mol. The molecule has 0 amide bonds. The second-order valence-electron chi connectivity index (χ2n) is 7.45. The van der Waals surface area contributed by atoms with E-state index in [0.29, 0.717) is 6.04 Å². The Morgan fingerprint density at radius 3 is 2.67 bits per heavy atom. The summed E-state index contributed by atoms with van der Waals surface area (Å²) in [6.07, 6.45) is -1.07. The number of benzene rings is 1. The van der Waals surface area contributed by atoms with Crippen molar-refractivity contribution in [1.82, 2.24) is 15.3 Å². The zero-order valence-electron chi connectivity index (χ0n) is 17.2. The molecule has 2 heterocycles. The van der Waals surface area contributed by atoms with E-state index in [2.05, 4.69) is 39.3 Å². The number of aromatic nitrogens is 2. The smallest absolute Gasteiger partial charge is 0.355 e. The maximum absolute atomic E-state index is 13.6. The van der Waals surface area contributed by atoms with Crippen molar-refractivity contribution >= 4 is 17.5 Å². The Labute approximate surface area is 173 Å². The molecule has 0 bridgehead atoms. The highest BCUT2D eigenvalue weighted by molar-refractivity contribution is 5.57. The van der Waals surface area contributed by atoms with Crippen LogP contribution >= 0.6 is 0 Å². The zero-order chi connectivity index (χ0) is 21.7. The molecule has 9 heteroatoms. The molecule has 0 unspecified atom stereocenters. The zero-order valence-corrected chi connectivity index (χ0v) is 17.2. The number of nitrogens with zero attached hydrogens (tertiary/aromatic N) is 3. The van der Waals surface area contributed by atoms with Crippen molar-refractivity contribution in [2.45, 2.75) is 51.7 Å². The molecule has 0 aliphatic carbocycles. The van der Waals surface area contributed by atoms with Crippen molar-refractivity contribution in [3.05, 3.63) is 41.3 Å². The summed E-state index contributed by atoms with van der Waals surface area (Å²) in [6.45, 7) is 6.70. The fraction of sp³-hybridized carbons (Fsp3) is 0.524. The van der Waals surface area contributed by atoms with Crippen LogP contribution < -0.4 is 15.5 Å². The first-order chi connectivity index (χ1) is 14.3. The molecule has 0 saturated carbocycles. The number of hydrogen-bond donors (Lipinski definition) is 2. The second kappa shape index (κ2) is 9.59. The molecule has 1 saturated heterocycles. The van der Waals surface area contributed by atoms with E-state index in [1.807, 2.05) is 6.07 Å². The van der Waals surface area contributed by atoms with Crippen LogP contribution in [0.3, 0.4) is 0 Å². The highest BCUT2D eigenvalue weighted by atomic mass is 19.4. The number of unbranched alkanes of at least 4 members (excludes halogenated alkanes) is 1. The lowest BCUT2D eigenvalue weighted by molar-refractivity contribution is -0.139. The first-order valence-electron chi connectivity index (χ1n) is 10.3. The van der Waals surface area contributed by atoms with Crippen LogP contribution in [0.25, 0.3) is 0 Å². The number of aryl methyl sites for hydroxylation is 1. The van der Waals surface area contributed by atoms with Crippen molar-refractivity contribution in [1.29, 1.82) is 0 Å². The third-order valence-corrected chi connectivity index (χ3v) is 5.09.